The molecular formula is C23H31N3O2. The molecule has 150 valence electrons. The first-order valence-corrected chi connectivity index (χ1v) is 10.6. The van der Waals surface area contributed by atoms with E-state index in [-0.39, 0.29) is 18.2 Å². The highest BCUT2D eigenvalue weighted by atomic mass is 16.5. The number of rotatable bonds is 3. The number of amides is 2. The molecule has 5 nitrogen and oxygen atoms in total. The third-order valence-corrected chi connectivity index (χ3v) is 6.32. The van der Waals surface area contributed by atoms with E-state index >= 15 is 0 Å². The third-order valence-electron chi connectivity index (χ3n) is 6.32. The number of likely N-dealkylation sites (tertiary alicyclic amines) is 1. The van der Waals surface area contributed by atoms with Crippen LogP contribution in [0.1, 0.15) is 51.0 Å². The zero-order valence-electron chi connectivity index (χ0n) is 16.9. The highest BCUT2D eigenvalue weighted by molar-refractivity contribution is 5.85. The molecule has 0 unspecified atom stereocenters. The van der Waals surface area contributed by atoms with Gasteiger partial charge in [-0.05, 0) is 54.5 Å². The molecule has 2 aromatic rings. The summed E-state index contributed by atoms with van der Waals surface area (Å²) in [6.07, 6.45) is 7.91. The fourth-order valence-corrected chi connectivity index (χ4v) is 4.59. The van der Waals surface area contributed by atoms with Gasteiger partial charge < -0.3 is 15.0 Å². The maximum atomic E-state index is 12.8. The van der Waals surface area contributed by atoms with Gasteiger partial charge in [0, 0.05) is 43.5 Å². The van der Waals surface area contributed by atoms with Gasteiger partial charge >= 0.3 is 6.03 Å². The molecule has 0 saturated carbocycles. The highest BCUT2D eigenvalue weighted by Gasteiger charge is 2.29. The molecule has 0 aliphatic carbocycles. The predicted molar refractivity (Wildman–Crippen MR) is 111 cm³/mol. The molecule has 1 aromatic heterocycles. The third kappa shape index (κ3) is 4.14. The van der Waals surface area contributed by atoms with E-state index in [0.29, 0.717) is 11.8 Å². The van der Waals surface area contributed by atoms with Crippen LogP contribution in [0.25, 0.3) is 10.8 Å². The van der Waals surface area contributed by atoms with Crippen LogP contribution in [-0.4, -0.2) is 47.8 Å². The first-order chi connectivity index (χ1) is 13.6. The molecule has 2 amide bonds. The molecule has 1 aromatic carbocycles. The molecule has 2 aliphatic rings. The Bertz CT molecular complexity index is 809. The van der Waals surface area contributed by atoms with Crippen molar-refractivity contribution in [2.24, 2.45) is 5.92 Å². The van der Waals surface area contributed by atoms with E-state index in [1.54, 1.807) is 0 Å². The van der Waals surface area contributed by atoms with Gasteiger partial charge in [0.25, 0.3) is 0 Å². The standard InChI is InChI=1S/C23H31N3O2/c1-16(2)22-14-19(9-13-28-22)25-23(27)26-11-7-17(8-12-26)20-5-3-4-18-15-24-10-6-21(18)20/h3-6,10,15-17,19,22H,7-9,11-14H2,1-2H3,(H,25,27)/t19-,22-/m0/s1. The summed E-state index contributed by atoms with van der Waals surface area (Å²) in [5, 5.41) is 5.74. The van der Waals surface area contributed by atoms with Gasteiger partial charge in [0.15, 0.2) is 0 Å². The van der Waals surface area contributed by atoms with Crippen LogP contribution < -0.4 is 5.32 Å². The lowest BCUT2D eigenvalue weighted by Crippen LogP contribution is -2.50. The summed E-state index contributed by atoms with van der Waals surface area (Å²) in [5.41, 5.74) is 1.39. The van der Waals surface area contributed by atoms with Crippen LogP contribution in [0, 0.1) is 5.92 Å². The summed E-state index contributed by atoms with van der Waals surface area (Å²) < 4.78 is 5.83. The largest absolute Gasteiger partial charge is 0.378 e. The SMILES string of the molecule is CC(C)[C@@H]1C[C@@H](NC(=O)N2CCC(c3cccc4cnccc34)CC2)CCO1. The van der Waals surface area contributed by atoms with Crippen LogP contribution >= 0.6 is 0 Å². The van der Waals surface area contributed by atoms with E-state index < -0.39 is 0 Å². The Balaban J connectivity index is 1.34. The van der Waals surface area contributed by atoms with Crippen LogP contribution in [0.3, 0.4) is 0 Å². The number of nitrogens with zero attached hydrogens (tertiary/aromatic N) is 2. The average molecular weight is 382 g/mol. The number of piperidine rings is 1. The number of pyridine rings is 1. The second kappa shape index (κ2) is 8.48. The van der Waals surface area contributed by atoms with Gasteiger partial charge in [0.2, 0.25) is 0 Å². The Morgan fingerprint density at radius 3 is 2.82 bits per heavy atom. The zero-order valence-corrected chi connectivity index (χ0v) is 16.9. The van der Waals surface area contributed by atoms with E-state index in [1.807, 2.05) is 17.3 Å². The van der Waals surface area contributed by atoms with Gasteiger partial charge in [-0.25, -0.2) is 4.79 Å². The second-order valence-electron chi connectivity index (χ2n) is 8.53. The minimum absolute atomic E-state index is 0.0926. The molecule has 28 heavy (non-hydrogen) atoms. The average Bonchev–Trinajstić information content (AvgIpc) is 2.73. The van der Waals surface area contributed by atoms with Gasteiger partial charge in [-0.2, -0.15) is 0 Å². The molecule has 2 atom stereocenters. The van der Waals surface area contributed by atoms with Crippen molar-refractivity contribution in [2.45, 2.75) is 57.6 Å². The number of hydrogen-bond donors (Lipinski definition) is 1. The maximum absolute atomic E-state index is 12.8. The van der Waals surface area contributed by atoms with Crippen molar-refractivity contribution in [1.82, 2.24) is 15.2 Å². The van der Waals surface area contributed by atoms with Crippen molar-refractivity contribution < 1.29 is 9.53 Å². The molecule has 0 bridgehead atoms. The Morgan fingerprint density at radius 1 is 1.21 bits per heavy atom. The van der Waals surface area contributed by atoms with E-state index in [4.69, 9.17) is 4.74 Å². The van der Waals surface area contributed by atoms with Gasteiger partial charge in [0.1, 0.15) is 0 Å². The summed E-state index contributed by atoms with van der Waals surface area (Å²) in [6.45, 7) is 6.74. The second-order valence-corrected chi connectivity index (χ2v) is 8.53. The quantitative estimate of drug-likeness (QED) is 0.861. The number of ether oxygens (including phenoxy) is 1. The van der Waals surface area contributed by atoms with Gasteiger partial charge in [-0.1, -0.05) is 32.0 Å². The van der Waals surface area contributed by atoms with Crippen molar-refractivity contribution in [3.8, 4) is 0 Å². The summed E-state index contributed by atoms with van der Waals surface area (Å²) in [6, 6.07) is 8.91. The summed E-state index contributed by atoms with van der Waals surface area (Å²) >= 11 is 0. The van der Waals surface area contributed by atoms with Gasteiger partial charge in [-0.15, -0.1) is 0 Å². The first kappa shape index (κ1) is 19.2. The Hall–Kier alpha value is -2.14. The Kier molecular flexibility index (Phi) is 5.81. The van der Waals surface area contributed by atoms with Crippen molar-refractivity contribution in [3.63, 3.8) is 0 Å². The van der Waals surface area contributed by atoms with Gasteiger partial charge in [0.05, 0.1) is 6.10 Å². The summed E-state index contributed by atoms with van der Waals surface area (Å²) in [4.78, 5) is 19.0. The minimum Gasteiger partial charge on any atom is -0.378 e. The van der Waals surface area contributed by atoms with E-state index in [9.17, 15) is 4.79 Å². The van der Waals surface area contributed by atoms with Crippen LogP contribution in [0.5, 0.6) is 0 Å². The van der Waals surface area contributed by atoms with Crippen LogP contribution in [0.4, 0.5) is 4.79 Å². The van der Waals surface area contributed by atoms with Crippen LogP contribution in [0.2, 0.25) is 0 Å². The number of benzene rings is 1. The molecule has 2 saturated heterocycles. The number of nitrogens with one attached hydrogen (secondary N) is 1. The molecule has 4 rings (SSSR count). The molecule has 0 spiro atoms. The summed E-state index contributed by atoms with van der Waals surface area (Å²) in [5.74, 6) is 0.995. The number of aromatic nitrogens is 1. The lowest BCUT2D eigenvalue weighted by Gasteiger charge is -2.36. The van der Waals surface area contributed by atoms with E-state index in [0.717, 1.165) is 45.4 Å². The maximum Gasteiger partial charge on any atom is 0.317 e. The fourth-order valence-electron chi connectivity index (χ4n) is 4.59. The smallest absolute Gasteiger partial charge is 0.317 e. The molecule has 5 heteroatoms. The first-order valence-electron chi connectivity index (χ1n) is 10.6. The number of carbonyl (C=O) groups is 1. The Labute approximate surface area is 167 Å². The molecule has 0 radical (unpaired) electrons. The number of hydrogen-bond acceptors (Lipinski definition) is 3. The normalized spacial score (nSPS) is 23.9. The molecular weight excluding hydrogens is 350 g/mol. The van der Waals surface area contributed by atoms with Crippen LogP contribution in [-0.2, 0) is 4.74 Å². The Morgan fingerprint density at radius 2 is 2.04 bits per heavy atom. The highest BCUT2D eigenvalue weighted by Crippen LogP contribution is 2.33. The van der Waals surface area contributed by atoms with Gasteiger partial charge in [-0.3, -0.25) is 4.98 Å². The molecule has 3 heterocycles. The van der Waals surface area contributed by atoms with Crippen molar-refractivity contribution >= 4 is 16.8 Å². The van der Waals surface area contributed by atoms with E-state index in [1.165, 1.54) is 16.3 Å². The number of fused-ring (bicyclic) bond motifs is 1. The lowest BCUT2D eigenvalue weighted by molar-refractivity contribution is -0.0232. The minimum atomic E-state index is 0.0926. The number of urea groups is 1. The number of carbonyl (C=O) groups excluding carboxylic acids is 1. The zero-order chi connectivity index (χ0) is 19.5. The van der Waals surface area contributed by atoms with Crippen LogP contribution in [0.15, 0.2) is 36.7 Å². The predicted octanol–water partition coefficient (Wildman–Crippen LogP) is 4.33. The van der Waals surface area contributed by atoms with Crippen molar-refractivity contribution in [3.05, 3.63) is 42.2 Å². The summed E-state index contributed by atoms with van der Waals surface area (Å²) in [7, 11) is 0. The molecule has 1 N–H and O–H groups in total. The van der Waals surface area contributed by atoms with Crippen molar-refractivity contribution in [1.29, 1.82) is 0 Å². The fraction of sp³-hybridized carbons (Fsp3) is 0.565. The topological polar surface area (TPSA) is 54.5 Å². The molecule has 2 aliphatic heterocycles. The van der Waals surface area contributed by atoms with E-state index in [2.05, 4.69) is 48.4 Å². The van der Waals surface area contributed by atoms with Crippen molar-refractivity contribution in [2.75, 3.05) is 19.7 Å². The lowest BCUT2D eigenvalue weighted by atomic mass is 9.87. The monoisotopic (exact) mass is 381 g/mol. The molecule has 2 fully saturated rings.